The van der Waals surface area contributed by atoms with E-state index in [0.717, 1.165) is 44.7 Å². The number of nitrogens with zero attached hydrogens (tertiary/aromatic N) is 1. The van der Waals surface area contributed by atoms with Gasteiger partial charge in [0.15, 0.2) is 0 Å². The van der Waals surface area contributed by atoms with Gasteiger partial charge in [0, 0.05) is 39.3 Å². The molecule has 2 fully saturated rings. The molecule has 4 N–H and O–H groups in total. The van der Waals surface area contributed by atoms with Crippen molar-refractivity contribution in [3.63, 3.8) is 0 Å². The Bertz CT molecular complexity index is 613. The molecule has 2 atom stereocenters. The molecule has 2 aliphatic heterocycles. The normalized spacial score (nSPS) is 23.5. The fourth-order valence-electron chi connectivity index (χ4n) is 3.52. The van der Waals surface area contributed by atoms with Crippen molar-refractivity contribution in [2.45, 2.75) is 19.1 Å². The average Bonchev–Trinajstić information content (AvgIpc) is 3.16. The van der Waals surface area contributed by atoms with Crippen LogP contribution in [0.15, 0.2) is 24.3 Å². The van der Waals surface area contributed by atoms with E-state index >= 15 is 0 Å². The van der Waals surface area contributed by atoms with Gasteiger partial charge in [-0.1, -0.05) is 12.1 Å². The van der Waals surface area contributed by atoms with Crippen molar-refractivity contribution in [2.75, 3.05) is 45.8 Å². The lowest BCUT2D eigenvalue weighted by molar-refractivity contribution is -0.124. The first kappa shape index (κ1) is 19.9. The maximum Gasteiger partial charge on any atom is 0.387 e. The highest BCUT2D eigenvalue weighted by Crippen LogP contribution is 2.28. The summed E-state index contributed by atoms with van der Waals surface area (Å²) in [4.78, 5) is 15.0. The molecule has 2 unspecified atom stereocenters. The lowest BCUT2D eigenvalue weighted by atomic mass is 9.94. The van der Waals surface area contributed by atoms with Crippen LogP contribution in [0.4, 0.5) is 8.78 Å². The smallest absolute Gasteiger partial charge is 0.387 e. The van der Waals surface area contributed by atoms with Crippen molar-refractivity contribution in [1.82, 2.24) is 26.4 Å². The molecular weight excluding hydrogens is 356 g/mol. The topological polar surface area (TPSA) is 77.7 Å². The highest BCUT2D eigenvalue weighted by Gasteiger charge is 2.34. The van der Waals surface area contributed by atoms with E-state index in [1.807, 2.05) is 0 Å². The van der Waals surface area contributed by atoms with E-state index in [-0.39, 0.29) is 23.6 Å². The van der Waals surface area contributed by atoms with Crippen LogP contribution in [-0.2, 0) is 4.79 Å². The molecule has 0 radical (unpaired) electrons. The lowest BCUT2D eigenvalue weighted by Gasteiger charge is -2.27. The molecule has 2 heterocycles. The van der Waals surface area contributed by atoms with E-state index in [9.17, 15) is 13.6 Å². The number of carbonyl (C=O) groups excluding carboxylic acids is 1. The van der Waals surface area contributed by atoms with Gasteiger partial charge >= 0.3 is 6.61 Å². The fraction of sp³-hybridized carbons (Fsp3) is 0.611. The second kappa shape index (κ2) is 9.93. The van der Waals surface area contributed by atoms with Gasteiger partial charge in [-0.05, 0) is 30.7 Å². The number of alkyl halides is 2. The number of carbonyl (C=O) groups is 1. The molecule has 1 amide bonds. The van der Waals surface area contributed by atoms with Crippen molar-refractivity contribution in [1.29, 1.82) is 0 Å². The Morgan fingerprint density at radius 3 is 2.93 bits per heavy atom. The van der Waals surface area contributed by atoms with E-state index in [2.05, 4.69) is 31.1 Å². The summed E-state index contributed by atoms with van der Waals surface area (Å²) in [5.41, 5.74) is 6.78. The van der Waals surface area contributed by atoms with Crippen LogP contribution in [0, 0.1) is 5.92 Å². The third kappa shape index (κ3) is 5.83. The van der Waals surface area contributed by atoms with Crippen LogP contribution in [0.3, 0.4) is 0 Å². The molecule has 150 valence electrons. The Labute approximate surface area is 157 Å². The number of ether oxygens (including phenoxy) is 1. The number of piperazine rings is 1. The summed E-state index contributed by atoms with van der Waals surface area (Å²) in [6, 6.07) is 6.17. The van der Waals surface area contributed by atoms with Crippen LogP contribution in [-0.4, -0.2) is 63.2 Å². The van der Waals surface area contributed by atoms with Crippen molar-refractivity contribution in [2.24, 2.45) is 5.92 Å². The zero-order valence-electron chi connectivity index (χ0n) is 15.2. The minimum absolute atomic E-state index is 0.0435. The molecule has 7 nitrogen and oxygen atoms in total. The summed E-state index contributed by atoms with van der Waals surface area (Å²) in [6.45, 7) is 3.33. The predicted octanol–water partition coefficient (Wildman–Crippen LogP) is 0.465. The van der Waals surface area contributed by atoms with Crippen LogP contribution >= 0.6 is 0 Å². The Hall–Kier alpha value is -1.81. The molecule has 2 aliphatic rings. The van der Waals surface area contributed by atoms with Gasteiger partial charge in [0.1, 0.15) is 5.75 Å². The van der Waals surface area contributed by atoms with E-state index in [1.165, 1.54) is 6.07 Å². The van der Waals surface area contributed by atoms with Crippen LogP contribution in [0.5, 0.6) is 5.75 Å². The molecule has 27 heavy (non-hydrogen) atoms. The number of rotatable bonds is 8. The van der Waals surface area contributed by atoms with Crippen LogP contribution in [0.25, 0.3) is 0 Å². The van der Waals surface area contributed by atoms with Crippen molar-refractivity contribution in [3.05, 3.63) is 29.8 Å². The molecule has 3 rings (SSSR count). The van der Waals surface area contributed by atoms with Crippen molar-refractivity contribution < 1.29 is 18.3 Å². The summed E-state index contributed by atoms with van der Waals surface area (Å²) in [5.74, 6) is -0.268. The Balaban J connectivity index is 1.49. The molecule has 0 bridgehead atoms. The van der Waals surface area contributed by atoms with Gasteiger partial charge in [-0.25, -0.2) is 5.43 Å². The first-order valence-corrected chi connectivity index (χ1v) is 9.37. The zero-order valence-corrected chi connectivity index (χ0v) is 15.2. The molecule has 1 aromatic carbocycles. The van der Waals surface area contributed by atoms with Crippen molar-refractivity contribution in [3.8, 4) is 5.75 Å². The number of hydrogen-bond donors (Lipinski definition) is 4. The second-order valence-corrected chi connectivity index (χ2v) is 6.80. The minimum Gasteiger partial charge on any atom is -0.435 e. The summed E-state index contributed by atoms with van der Waals surface area (Å²) in [7, 11) is 0. The van der Waals surface area contributed by atoms with Gasteiger partial charge in [-0.2, -0.15) is 8.78 Å². The maximum absolute atomic E-state index is 12.6. The van der Waals surface area contributed by atoms with Crippen LogP contribution < -0.4 is 26.2 Å². The summed E-state index contributed by atoms with van der Waals surface area (Å²) < 4.78 is 29.3. The highest BCUT2D eigenvalue weighted by molar-refractivity contribution is 5.80. The molecule has 0 aliphatic carbocycles. The Morgan fingerprint density at radius 2 is 2.15 bits per heavy atom. The average molecular weight is 383 g/mol. The molecular formula is C18H27F2N5O2. The van der Waals surface area contributed by atoms with E-state index in [0.29, 0.717) is 13.1 Å². The summed E-state index contributed by atoms with van der Waals surface area (Å²) in [6.07, 6.45) is 0.904. The first-order chi connectivity index (χ1) is 13.1. The van der Waals surface area contributed by atoms with Gasteiger partial charge in [0.05, 0.1) is 12.0 Å². The molecule has 1 aromatic rings. The summed E-state index contributed by atoms with van der Waals surface area (Å²) >= 11 is 0. The van der Waals surface area contributed by atoms with Gasteiger partial charge in [0.2, 0.25) is 5.91 Å². The monoisotopic (exact) mass is 383 g/mol. The van der Waals surface area contributed by atoms with Crippen LogP contribution in [0.1, 0.15) is 18.0 Å². The number of benzene rings is 1. The molecule has 9 heteroatoms. The Morgan fingerprint density at radius 1 is 1.33 bits per heavy atom. The number of hydrazine groups is 1. The number of nitrogens with one attached hydrogen (secondary N) is 4. The van der Waals surface area contributed by atoms with Gasteiger partial charge in [-0.15, -0.1) is 0 Å². The molecule has 0 aromatic heterocycles. The number of hydrogen-bond acceptors (Lipinski definition) is 6. The van der Waals surface area contributed by atoms with E-state index < -0.39 is 6.61 Å². The third-order valence-electron chi connectivity index (χ3n) is 4.92. The second-order valence-electron chi connectivity index (χ2n) is 6.80. The minimum atomic E-state index is -2.87. The fourth-order valence-corrected chi connectivity index (χ4v) is 3.52. The SMILES string of the molecule is O=C(NCCCN1CCNCC1)C1CNNC1c1cccc(OC(F)F)c1. The van der Waals surface area contributed by atoms with Gasteiger partial charge in [0.25, 0.3) is 0 Å². The Kier molecular flexibility index (Phi) is 7.33. The third-order valence-corrected chi connectivity index (χ3v) is 4.92. The quantitative estimate of drug-likeness (QED) is 0.489. The van der Waals surface area contributed by atoms with E-state index in [1.54, 1.807) is 18.2 Å². The van der Waals surface area contributed by atoms with Gasteiger partial charge < -0.3 is 20.3 Å². The highest BCUT2D eigenvalue weighted by atomic mass is 19.3. The zero-order chi connectivity index (χ0) is 19.1. The first-order valence-electron chi connectivity index (χ1n) is 9.37. The van der Waals surface area contributed by atoms with E-state index in [4.69, 9.17) is 0 Å². The standard InChI is InChI=1S/C18H27F2N5O2/c19-18(20)27-14-4-1-3-13(11-14)16-15(12-23-24-16)17(26)22-5-2-8-25-9-6-21-7-10-25/h1,3-4,11,15-16,18,21,23-24H,2,5-10,12H2,(H,22,26). The van der Waals surface area contributed by atoms with Crippen molar-refractivity contribution >= 4 is 5.91 Å². The number of halogens is 2. The lowest BCUT2D eigenvalue weighted by Crippen LogP contribution is -2.44. The molecule has 2 saturated heterocycles. The maximum atomic E-state index is 12.6. The molecule has 0 spiro atoms. The van der Waals surface area contributed by atoms with Crippen LogP contribution in [0.2, 0.25) is 0 Å². The van der Waals surface area contributed by atoms with Gasteiger partial charge in [-0.3, -0.25) is 10.2 Å². The summed E-state index contributed by atoms with van der Waals surface area (Å²) in [5, 5.41) is 6.32. The molecule has 0 saturated carbocycles. The predicted molar refractivity (Wildman–Crippen MR) is 97.4 cm³/mol. The largest absolute Gasteiger partial charge is 0.435 e. The number of amides is 1.